The van der Waals surface area contributed by atoms with Gasteiger partial charge in [-0.1, -0.05) is 11.6 Å². The summed E-state index contributed by atoms with van der Waals surface area (Å²) in [4.78, 5) is 4.64. The van der Waals surface area contributed by atoms with Gasteiger partial charge in [0.15, 0.2) is 5.13 Å². The second-order valence-corrected chi connectivity index (χ2v) is 5.27. The molecule has 0 aliphatic rings. The highest BCUT2D eigenvalue weighted by Crippen LogP contribution is 2.32. The minimum Gasteiger partial charge on any atom is -0.375 e. The lowest BCUT2D eigenvalue weighted by Crippen LogP contribution is -2.05. The molecule has 0 unspecified atom stereocenters. The van der Waals surface area contributed by atoms with Gasteiger partial charge in [-0.3, -0.25) is 0 Å². The smallest absolute Gasteiger partial charge is 0.375 e. The number of hydrogen-bond acceptors (Lipinski definition) is 3. The van der Waals surface area contributed by atoms with Gasteiger partial charge in [0.2, 0.25) is 0 Å². The zero-order valence-corrected chi connectivity index (χ0v) is 10.5. The van der Waals surface area contributed by atoms with Gasteiger partial charge in [-0.15, -0.1) is 11.3 Å². The topological polar surface area (TPSA) is 38.9 Å². The fourth-order valence-corrected chi connectivity index (χ4v) is 2.50. The third kappa shape index (κ3) is 3.14. The molecule has 1 aromatic heterocycles. The van der Waals surface area contributed by atoms with Crippen LogP contribution in [0.2, 0.25) is 5.02 Å². The summed E-state index contributed by atoms with van der Waals surface area (Å²) in [5.41, 5.74) is 5.20. The highest BCUT2D eigenvalue weighted by Gasteiger charge is 2.31. The van der Waals surface area contributed by atoms with Gasteiger partial charge in [0.25, 0.3) is 0 Å². The van der Waals surface area contributed by atoms with E-state index in [1.54, 1.807) is 6.20 Å². The lowest BCUT2D eigenvalue weighted by Gasteiger charge is -2.09. The summed E-state index contributed by atoms with van der Waals surface area (Å²) in [6.45, 7) is 0. The molecule has 2 aromatic rings. The standard InChI is InChI=1S/C11H8ClF3N2S/c12-8-2-6(1-7(4-8)11(13,14)15)3-9-5-17-10(16)18-9/h1-2,4-5H,3H2,(H2,16,17). The maximum Gasteiger partial charge on any atom is 0.416 e. The first-order valence-electron chi connectivity index (χ1n) is 4.91. The summed E-state index contributed by atoms with van der Waals surface area (Å²) < 4.78 is 37.8. The first-order valence-corrected chi connectivity index (χ1v) is 6.11. The number of anilines is 1. The van der Waals surface area contributed by atoms with Crippen molar-refractivity contribution in [2.45, 2.75) is 12.6 Å². The van der Waals surface area contributed by atoms with Gasteiger partial charge in [-0.05, 0) is 23.8 Å². The van der Waals surface area contributed by atoms with Gasteiger partial charge in [-0.25, -0.2) is 4.98 Å². The molecule has 0 spiro atoms. The van der Waals surface area contributed by atoms with E-state index in [9.17, 15) is 13.2 Å². The monoisotopic (exact) mass is 292 g/mol. The summed E-state index contributed by atoms with van der Waals surface area (Å²) >= 11 is 6.93. The number of alkyl halides is 3. The number of nitrogen functional groups attached to an aromatic ring is 1. The largest absolute Gasteiger partial charge is 0.416 e. The zero-order valence-electron chi connectivity index (χ0n) is 8.96. The number of hydrogen-bond donors (Lipinski definition) is 1. The normalized spacial score (nSPS) is 11.8. The first-order chi connectivity index (χ1) is 8.34. The van der Waals surface area contributed by atoms with Crippen molar-refractivity contribution in [3.05, 3.63) is 45.4 Å². The predicted molar refractivity (Wildman–Crippen MR) is 65.8 cm³/mol. The quantitative estimate of drug-likeness (QED) is 0.909. The van der Waals surface area contributed by atoms with Gasteiger partial charge >= 0.3 is 6.18 Å². The van der Waals surface area contributed by atoms with Gasteiger partial charge in [0.1, 0.15) is 0 Å². The predicted octanol–water partition coefficient (Wildman–Crippen LogP) is 3.99. The summed E-state index contributed by atoms with van der Waals surface area (Å²) in [6, 6.07) is 3.50. The summed E-state index contributed by atoms with van der Waals surface area (Å²) in [7, 11) is 0. The van der Waals surface area contributed by atoms with Crippen molar-refractivity contribution in [2.24, 2.45) is 0 Å². The number of rotatable bonds is 2. The number of halogens is 4. The first kappa shape index (κ1) is 13.2. The molecule has 96 valence electrons. The summed E-state index contributed by atoms with van der Waals surface area (Å²) in [5.74, 6) is 0. The average molecular weight is 293 g/mol. The summed E-state index contributed by atoms with van der Waals surface area (Å²) in [5, 5.41) is 0.459. The maximum absolute atomic E-state index is 12.6. The molecule has 2 nitrogen and oxygen atoms in total. The van der Waals surface area contributed by atoms with Crippen LogP contribution in [-0.2, 0) is 12.6 Å². The van der Waals surface area contributed by atoms with Crippen LogP contribution in [0.15, 0.2) is 24.4 Å². The molecule has 0 atom stereocenters. The van der Waals surface area contributed by atoms with Gasteiger partial charge in [0.05, 0.1) is 5.56 Å². The number of aromatic nitrogens is 1. The Bertz CT molecular complexity index is 566. The Morgan fingerprint density at radius 2 is 2.00 bits per heavy atom. The third-order valence-electron chi connectivity index (χ3n) is 2.23. The maximum atomic E-state index is 12.6. The van der Waals surface area contributed by atoms with Crippen molar-refractivity contribution in [2.75, 3.05) is 5.73 Å². The lowest BCUT2D eigenvalue weighted by molar-refractivity contribution is -0.137. The van der Waals surface area contributed by atoms with E-state index in [1.165, 1.54) is 17.4 Å². The van der Waals surface area contributed by atoms with E-state index in [0.717, 1.165) is 17.0 Å². The molecule has 0 saturated heterocycles. The van der Waals surface area contributed by atoms with Crippen molar-refractivity contribution in [1.82, 2.24) is 4.98 Å². The average Bonchev–Trinajstić information content (AvgIpc) is 2.61. The second kappa shape index (κ2) is 4.78. The Morgan fingerprint density at radius 1 is 1.28 bits per heavy atom. The Morgan fingerprint density at radius 3 is 2.56 bits per heavy atom. The van der Waals surface area contributed by atoms with Crippen molar-refractivity contribution in [1.29, 1.82) is 0 Å². The Labute approximate surface area is 110 Å². The molecule has 18 heavy (non-hydrogen) atoms. The Balaban J connectivity index is 2.31. The van der Waals surface area contributed by atoms with Crippen LogP contribution in [0.25, 0.3) is 0 Å². The van der Waals surface area contributed by atoms with Gasteiger partial charge in [0, 0.05) is 22.5 Å². The molecule has 0 radical (unpaired) electrons. The van der Waals surface area contributed by atoms with Crippen molar-refractivity contribution in [3.63, 3.8) is 0 Å². The minimum atomic E-state index is -4.40. The number of benzene rings is 1. The van der Waals surface area contributed by atoms with E-state index in [4.69, 9.17) is 17.3 Å². The van der Waals surface area contributed by atoms with Crippen LogP contribution >= 0.6 is 22.9 Å². The third-order valence-corrected chi connectivity index (χ3v) is 3.28. The molecule has 2 N–H and O–H groups in total. The van der Waals surface area contributed by atoms with Crippen molar-refractivity contribution in [3.8, 4) is 0 Å². The molecule has 1 heterocycles. The van der Waals surface area contributed by atoms with Gasteiger partial charge < -0.3 is 5.73 Å². The lowest BCUT2D eigenvalue weighted by atomic mass is 10.1. The fraction of sp³-hybridized carbons (Fsp3) is 0.182. The van der Waals surface area contributed by atoms with E-state index >= 15 is 0 Å². The molecule has 2 rings (SSSR count). The van der Waals surface area contributed by atoms with Crippen LogP contribution < -0.4 is 5.73 Å². The van der Waals surface area contributed by atoms with Crippen LogP contribution in [-0.4, -0.2) is 4.98 Å². The summed E-state index contributed by atoms with van der Waals surface area (Å²) in [6.07, 6.45) is -2.51. The van der Waals surface area contributed by atoms with E-state index in [1.807, 2.05) is 0 Å². The molecule has 0 bridgehead atoms. The van der Waals surface area contributed by atoms with Crippen LogP contribution in [0.3, 0.4) is 0 Å². The second-order valence-electron chi connectivity index (χ2n) is 3.69. The molecule has 0 aliphatic heterocycles. The molecular weight excluding hydrogens is 285 g/mol. The van der Waals surface area contributed by atoms with Crippen LogP contribution in [0.5, 0.6) is 0 Å². The van der Waals surface area contributed by atoms with E-state index in [2.05, 4.69) is 4.98 Å². The zero-order chi connectivity index (χ0) is 13.3. The Kier molecular flexibility index (Phi) is 3.49. The highest BCUT2D eigenvalue weighted by molar-refractivity contribution is 7.15. The van der Waals surface area contributed by atoms with Crippen molar-refractivity contribution < 1.29 is 13.2 Å². The molecule has 7 heteroatoms. The number of nitrogens with two attached hydrogens (primary N) is 1. The van der Waals surface area contributed by atoms with E-state index in [0.29, 0.717) is 17.1 Å². The molecule has 0 saturated carbocycles. The molecular formula is C11H8ClF3N2S. The van der Waals surface area contributed by atoms with Crippen LogP contribution in [0.4, 0.5) is 18.3 Å². The van der Waals surface area contributed by atoms with Crippen LogP contribution in [0, 0.1) is 0 Å². The highest BCUT2D eigenvalue weighted by atomic mass is 35.5. The van der Waals surface area contributed by atoms with Crippen molar-refractivity contribution >= 4 is 28.1 Å². The molecule has 0 aliphatic carbocycles. The molecule has 0 amide bonds. The minimum absolute atomic E-state index is 0.0670. The SMILES string of the molecule is Nc1ncc(Cc2cc(Cl)cc(C(F)(F)F)c2)s1. The number of thiazole rings is 1. The van der Waals surface area contributed by atoms with Crippen LogP contribution in [0.1, 0.15) is 16.0 Å². The fourth-order valence-electron chi connectivity index (χ4n) is 1.52. The van der Waals surface area contributed by atoms with Gasteiger partial charge in [-0.2, -0.15) is 13.2 Å². The molecule has 1 aromatic carbocycles. The Hall–Kier alpha value is -1.27. The van der Waals surface area contributed by atoms with E-state index in [-0.39, 0.29) is 5.02 Å². The number of nitrogens with zero attached hydrogens (tertiary/aromatic N) is 1. The van der Waals surface area contributed by atoms with E-state index < -0.39 is 11.7 Å². The molecule has 0 fully saturated rings.